The smallest absolute Gasteiger partial charge is 0.236 e. The minimum Gasteiger partial charge on any atom is -0.370 e. The molecule has 0 aromatic carbocycles. The highest BCUT2D eigenvalue weighted by Gasteiger charge is 2.17. The molecule has 0 saturated carbocycles. The third kappa shape index (κ3) is 5.65. The van der Waals surface area contributed by atoms with Crippen molar-refractivity contribution in [3.05, 3.63) is 0 Å². The third-order valence-corrected chi connectivity index (χ3v) is 3.06. The molecule has 2 amide bonds. The van der Waals surface area contributed by atoms with E-state index in [2.05, 4.69) is 10.6 Å². The van der Waals surface area contributed by atoms with Gasteiger partial charge in [-0.2, -0.15) is 0 Å². The summed E-state index contributed by atoms with van der Waals surface area (Å²) in [6.07, 6.45) is 2.63. The molecule has 0 spiro atoms. The van der Waals surface area contributed by atoms with Gasteiger partial charge in [-0.3, -0.25) is 9.59 Å². The van der Waals surface area contributed by atoms with Crippen molar-refractivity contribution in [3.63, 3.8) is 0 Å². The molecule has 6 nitrogen and oxygen atoms in total. The number of hydrogen-bond acceptors (Lipinski definition) is 4. The average Bonchev–Trinajstić information content (AvgIpc) is 2.34. The lowest BCUT2D eigenvalue weighted by Crippen LogP contribution is -2.44. The molecule has 6 N–H and O–H groups in total. The Balaban J connectivity index is 2.16. The van der Waals surface area contributed by atoms with E-state index in [0.29, 0.717) is 18.9 Å². The second-order valence-electron chi connectivity index (χ2n) is 4.55. The van der Waals surface area contributed by atoms with Crippen LogP contribution in [0.5, 0.6) is 0 Å². The van der Waals surface area contributed by atoms with Crippen LogP contribution in [0.4, 0.5) is 0 Å². The van der Waals surface area contributed by atoms with Crippen LogP contribution < -0.4 is 22.1 Å². The van der Waals surface area contributed by atoms with Crippen LogP contribution in [0.3, 0.4) is 0 Å². The molecule has 0 radical (unpaired) electrons. The number of rotatable bonds is 6. The lowest BCUT2D eigenvalue weighted by atomic mass is 9.98. The predicted molar refractivity (Wildman–Crippen MR) is 65.0 cm³/mol. The summed E-state index contributed by atoms with van der Waals surface area (Å²) in [5, 5.41) is 6.10. The highest BCUT2D eigenvalue weighted by atomic mass is 16.2. The van der Waals surface area contributed by atoms with Crippen LogP contribution in [0.15, 0.2) is 0 Å². The molecule has 1 saturated heterocycles. The van der Waals surface area contributed by atoms with E-state index in [-0.39, 0.29) is 12.3 Å². The van der Waals surface area contributed by atoms with Crippen LogP contribution in [0.2, 0.25) is 0 Å². The molecule has 0 unspecified atom stereocenters. The summed E-state index contributed by atoms with van der Waals surface area (Å²) < 4.78 is 0. The Bertz CT molecular complexity index is 264. The lowest BCUT2D eigenvalue weighted by molar-refractivity contribution is -0.123. The van der Waals surface area contributed by atoms with E-state index in [9.17, 15) is 9.59 Å². The Hall–Kier alpha value is -1.14. The minimum absolute atomic E-state index is 0.155. The zero-order chi connectivity index (χ0) is 12.7. The van der Waals surface area contributed by atoms with Crippen molar-refractivity contribution in [2.24, 2.45) is 17.4 Å². The normalized spacial score (nSPS) is 18.6. The van der Waals surface area contributed by atoms with Gasteiger partial charge in [-0.25, -0.2) is 0 Å². The van der Waals surface area contributed by atoms with Crippen LogP contribution in [0, 0.1) is 5.92 Å². The van der Waals surface area contributed by atoms with E-state index in [0.717, 1.165) is 25.9 Å². The summed E-state index contributed by atoms with van der Waals surface area (Å²) in [7, 11) is 0. The van der Waals surface area contributed by atoms with Gasteiger partial charge in [0, 0.05) is 13.0 Å². The highest BCUT2D eigenvalue weighted by molar-refractivity contribution is 5.82. The molecule has 0 aromatic heterocycles. The quantitative estimate of drug-likeness (QED) is 0.463. The van der Waals surface area contributed by atoms with Gasteiger partial charge < -0.3 is 22.1 Å². The molecule has 1 fully saturated rings. The maximum absolute atomic E-state index is 11.6. The summed E-state index contributed by atoms with van der Waals surface area (Å²) in [4.78, 5) is 22.2. The summed E-state index contributed by atoms with van der Waals surface area (Å²) in [5.74, 6) is -0.0834. The van der Waals surface area contributed by atoms with E-state index >= 15 is 0 Å². The minimum atomic E-state index is -0.635. The van der Waals surface area contributed by atoms with Crippen LogP contribution in [0.1, 0.15) is 25.7 Å². The first kappa shape index (κ1) is 13.9. The van der Waals surface area contributed by atoms with E-state index in [1.165, 1.54) is 0 Å². The number of nitrogens with one attached hydrogen (secondary N) is 2. The number of piperidine rings is 1. The standard InChI is InChI=1S/C11H22N4O2/c12-9(1-2-10(13)16)11(17)15-7-8-3-5-14-6-4-8/h8-9,14H,1-7,12H2,(H2,13,16)(H,15,17)/t9-/m0/s1. The molecular formula is C11H22N4O2. The van der Waals surface area contributed by atoms with Crippen molar-refractivity contribution in [1.82, 2.24) is 10.6 Å². The maximum Gasteiger partial charge on any atom is 0.236 e. The molecule has 1 aliphatic rings. The first-order valence-corrected chi connectivity index (χ1v) is 6.12. The molecule has 1 atom stereocenters. The van der Waals surface area contributed by atoms with Crippen LogP contribution in [-0.4, -0.2) is 37.5 Å². The fourth-order valence-corrected chi connectivity index (χ4v) is 1.89. The summed E-state index contributed by atoms with van der Waals surface area (Å²) in [5.41, 5.74) is 10.6. The molecule has 6 heteroatoms. The second kappa shape index (κ2) is 7.24. The van der Waals surface area contributed by atoms with Gasteiger partial charge in [-0.15, -0.1) is 0 Å². The van der Waals surface area contributed by atoms with E-state index in [1.807, 2.05) is 0 Å². The fourth-order valence-electron chi connectivity index (χ4n) is 1.89. The van der Waals surface area contributed by atoms with Crippen molar-refractivity contribution >= 4 is 11.8 Å². The molecule has 17 heavy (non-hydrogen) atoms. The molecule has 0 aromatic rings. The first-order chi connectivity index (χ1) is 8.09. The fraction of sp³-hybridized carbons (Fsp3) is 0.818. The van der Waals surface area contributed by atoms with Gasteiger partial charge in [0.1, 0.15) is 0 Å². The average molecular weight is 242 g/mol. The lowest BCUT2D eigenvalue weighted by Gasteiger charge is -2.23. The monoisotopic (exact) mass is 242 g/mol. The zero-order valence-corrected chi connectivity index (χ0v) is 10.1. The number of hydrogen-bond donors (Lipinski definition) is 4. The first-order valence-electron chi connectivity index (χ1n) is 6.12. The summed E-state index contributed by atoms with van der Waals surface area (Å²) in [6.45, 7) is 2.69. The number of carbonyl (C=O) groups excluding carboxylic acids is 2. The molecule has 0 aliphatic carbocycles. The topological polar surface area (TPSA) is 110 Å². The predicted octanol–water partition coefficient (Wildman–Crippen LogP) is -1.30. The van der Waals surface area contributed by atoms with Crippen molar-refractivity contribution in [3.8, 4) is 0 Å². The number of primary amides is 1. The van der Waals surface area contributed by atoms with Gasteiger partial charge in [-0.05, 0) is 38.3 Å². The maximum atomic E-state index is 11.6. The van der Waals surface area contributed by atoms with E-state index < -0.39 is 11.9 Å². The number of amides is 2. The Labute approximate surface area is 101 Å². The number of carbonyl (C=O) groups is 2. The van der Waals surface area contributed by atoms with Crippen molar-refractivity contribution in [2.45, 2.75) is 31.7 Å². The Morgan fingerprint density at radius 3 is 2.59 bits per heavy atom. The van der Waals surface area contributed by atoms with Gasteiger partial charge in [0.25, 0.3) is 0 Å². The SMILES string of the molecule is NC(=O)CC[C@H](N)C(=O)NCC1CCNCC1. The van der Waals surface area contributed by atoms with Gasteiger partial charge in [0.05, 0.1) is 6.04 Å². The van der Waals surface area contributed by atoms with Gasteiger partial charge >= 0.3 is 0 Å². The Morgan fingerprint density at radius 2 is 2.00 bits per heavy atom. The molecular weight excluding hydrogens is 220 g/mol. The summed E-state index contributed by atoms with van der Waals surface area (Å²) >= 11 is 0. The van der Waals surface area contributed by atoms with Gasteiger partial charge in [-0.1, -0.05) is 0 Å². The van der Waals surface area contributed by atoms with Gasteiger partial charge in [0.15, 0.2) is 0 Å². The zero-order valence-electron chi connectivity index (χ0n) is 10.1. The van der Waals surface area contributed by atoms with Crippen molar-refractivity contribution in [2.75, 3.05) is 19.6 Å². The molecule has 0 bridgehead atoms. The molecule has 1 heterocycles. The largest absolute Gasteiger partial charge is 0.370 e. The highest BCUT2D eigenvalue weighted by Crippen LogP contribution is 2.09. The van der Waals surface area contributed by atoms with Crippen LogP contribution in [0.25, 0.3) is 0 Å². The van der Waals surface area contributed by atoms with Crippen LogP contribution in [-0.2, 0) is 9.59 Å². The third-order valence-electron chi connectivity index (χ3n) is 3.06. The van der Waals surface area contributed by atoms with Crippen molar-refractivity contribution < 1.29 is 9.59 Å². The molecule has 98 valence electrons. The van der Waals surface area contributed by atoms with Crippen molar-refractivity contribution in [1.29, 1.82) is 0 Å². The van der Waals surface area contributed by atoms with Gasteiger partial charge in [0.2, 0.25) is 11.8 Å². The Morgan fingerprint density at radius 1 is 1.35 bits per heavy atom. The summed E-state index contributed by atoms with van der Waals surface area (Å²) in [6, 6.07) is -0.635. The van der Waals surface area contributed by atoms with E-state index in [4.69, 9.17) is 11.5 Å². The van der Waals surface area contributed by atoms with Crippen LogP contribution >= 0.6 is 0 Å². The second-order valence-corrected chi connectivity index (χ2v) is 4.55. The Kier molecular flexibility index (Phi) is 5.93. The number of nitrogens with two attached hydrogens (primary N) is 2. The molecule has 1 rings (SSSR count). The van der Waals surface area contributed by atoms with E-state index in [1.54, 1.807) is 0 Å². The molecule has 1 aliphatic heterocycles.